The topological polar surface area (TPSA) is 91.4 Å². The summed E-state index contributed by atoms with van der Waals surface area (Å²) in [6, 6.07) is 11.4. The lowest BCUT2D eigenvalue weighted by molar-refractivity contribution is -0.117. The number of ether oxygens (including phenoxy) is 2. The molecule has 1 aromatic heterocycles. The second-order valence-electron chi connectivity index (χ2n) is 6.15. The molecule has 0 fully saturated rings. The van der Waals surface area contributed by atoms with Crippen molar-refractivity contribution >= 4 is 16.9 Å². The van der Waals surface area contributed by atoms with Crippen LogP contribution in [-0.2, 0) is 22.6 Å². The number of nitrogens with one attached hydrogen (secondary N) is 1. The van der Waals surface area contributed by atoms with Crippen LogP contribution >= 0.6 is 0 Å². The van der Waals surface area contributed by atoms with E-state index in [0.29, 0.717) is 37.8 Å². The number of carbonyl (C=O) groups is 1. The van der Waals surface area contributed by atoms with Gasteiger partial charge in [0.25, 0.3) is 0 Å². The van der Waals surface area contributed by atoms with Crippen LogP contribution in [0.15, 0.2) is 42.5 Å². The number of carbonyl (C=O) groups excluding carboxylic acids is 1. The Kier molecular flexibility index (Phi) is 6.57. The normalized spacial score (nSPS) is 11.1. The van der Waals surface area contributed by atoms with E-state index in [1.54, 1.807) is 12.1 Å². The number of nitrogens with two attached hydrogens (primary N) is 1. The van der Waals surface area contributed by atoms with Crippen molar-refractivity contribution < 1.29 is 18.7 Å². The Balaban J connectivity index is 1.86. The lowest BCUT2D eigenvalue weighted by Crippen LogP contribution is -2.29. The zero-order valence-corrected chi connectivity index (χ0v) is 15.7. The van der Waals surface area contributed by atoms with E-state index in [-0.39, 0.29) is 12.4 Å². The van der Waals surface area contributed by atoms with E-state index in [4.69, 9.17) is 15.2 Å². The molecule has 0 aliphatic heterocycles. The number of imidazole rings is 1. The van der Waals surface area contributed by atoms with Crippen LogP contribution in [0.1, 0.15) is 12.7 Å². The highest BCUT2D eigenvalue weighted by molar-refractivity contribution is 5.78. The molecule has 0 saturated carbocycles. The van der Waals surface area contributed by atoms with E-state index in [1.165, 1.54) is 12.1 Å². The molecule has 8 heteroatoms. The van der Waals surface area contributed by atoms with Crippen molar-refractivity contribution in [1.29, 1.82) is 0 Å². The highest BCUT2D eigenvalue weighted by Gasteiger charge is 2.12. The smallest absolute Gasteiger partial charge is 0.231 e. The van der Waals surface area contributed by atoms with Crippen LogP contribution in [0.4, 0.5) is 4.39 Å². The summed E-state index contributed by atoms with van der Waals surface area (Å²) in [4.78, 5) is 15.6. The fraction of sp³-hybridized carbons (Fsp3) is 0.300. The molecular weight excluding hydrogens is 363 g/mol. The second kappa shape index (κ2) is 9.29. The first-order valence-corrected chi connectivity index (χ1v) is 9.06. The van der Waals surface area contributed by atoms with Gasteiger partial charge in [-0.05, 0) is 43.3 Å². The zero-order chi connectivity index (χ0) is 19.9. The molecule has 2 aromatic carbocycles. The second-order valence-corrected chi connectivity index (χ2v) is 6.15. The summed E-state index contributed by atoms with van der Waals surface area (Å²) in [6.07, 6.45) is 0. The molecule has 0 bridgehead atoms. The monoisotopic (exact) mass is 386 g/mol. The van der Waals surface area contributed by atoms with E-state index in [9.17, 15) is 9.18 Å². The summed E-state index contributed by atoms with van der Waals surface area (Å²) in [6.45, 7) is 4.19. The van der Waals surface area contributed by atoms with E-state index in [1.807, 2.05) is 29.7 Å². The molecule has 0 aliphatic carbocycles. The molecule has 148 valence electrons. The van der Waals surface area contributed by atoms with Gasteiger partial charge in [-0.2, -0.15) is 0 Å². The summed E-state index contributed by atoms with van der Waals surface area (Å²) in [5.41, 5.74) is 6.87. The first kappa shape index (κ1) is 19.8. The molecule has 3 N–H and O–H groups in total. The van der Waals surface area contributed by atoms with Crippen LogP contribution in [0.3, 0.4) is 0 Å². The van der Waals surface area contributed by atoms with Crippen LogP contribution in [0.2, 0.25) is 0 Å². The predicted molar refractivity (Wildman–Crippen MR) is 104 cm³/mol. The third kappa shape index (κ3) is 5.05. The Morgan fingerprint density at radius 2 is 1.96 bits per heavy atom. The van der Waals surface area contributed by atoms with Crippen LogP contribution in [0.5, 0.6) is 11.5 Å². The number of nitrogens with zero attached hydrogens (tertiary/aromatic N) is 2. The van der Waals surface area contributed by atoms with Gasteiger partial charge >= 0.3 is 0 Å². The Morgan fingerprint density at radius 1 is 1.21 bits per heavy atom. The highest BCUT2D eigenvalue weighted by Crippen LogP contribution is 2.26. The molecule has 0 unspecified atom stereocenters. The van der Waals surface area contributed by atoms with Gasteiger partial charge in [-0.3, -0.25) is 4.79 Å². The molecule has 0 radical (unpaired) electrons. The molecule has 1 amide bonds. The summed E-state index contributed by atoms with van der Waals surface area (Å²) < 4.78 is 26.4. The minimum atomic E-state index is -0.424. The van der Waals surface area contributed by atoms with E-state index in [2.05, 4.69) is 10.3 Å². The molecule has 3 rings (SSSR count). The van der Waals surface area contributed by atoms with Crippen molar-refractivity contribution in [3.63, 3.8) is 0 Å². The van der Waals surface area contributed by atoms with Crippen LogP contribution in [0, 0.1) is 5.82 Å². The van der Waals surface area contributed by atoms with E-state index in [0.717, 1.165) is 16.9 Å². The molecule has 0 saturated heterocycles. The van der Waals surface area contributed by atoms with Gasteiger partial charge in [0.2, 0.25) is 5.91 Å². The number of benzene rings is 2. The van der Waals surface area contributed by atoms with Crippen molar-refractivity contribution in [2.75, 3.05) is 19.8 Å². The Labute approximate surface area is 162 Å². The Morgan fingerprint density at radius 3 is 2.68 bits per heavy atom. The molecule has 28 heavy (non-hydrogen) atoms. The van der Waals surface area contributed by atoms with Crippen molar-refractivity contribution in [2.45, 2.75) is 20.0 Å². The summed E-state index contributed by atoms with van der Waals surface area (Å²) >= 11 is 0. The van der Waals surface area contributed by atoms with Gasteiger partial charge in [0.05, 0.1) is 30.7 Å². The quantitative estimate of drug-likeness (QED) is 0.523. The molecule has 0 aliphatic rings. The molecule has 0 spiro atoms. The number of fused-ring (bicyclic) bond motifs is 1. The minimum absolute atomic E-state index is 0.0770. The van der Waals surface area contributed by atoms with Gasteiger partial charge in [0, 0.05) is 19.2 Å². The van der Waals surface area contributed by atoms with E-state index < -0.39 is 5.91 Å². The fourth-order valence-electron chi connectivity index (χ4n) is 2.84. The van der Waals surface area contributed by atoms with Crippen LogP contribution < -0.4 is 15.8 Å². The predicted octanol–water partition coefficient (Wildman–Crippen LogP) is 2.58. The van der Waals surface area contributed by atoms with Crippen molar-refractivity contribution in [3.8, 4) is 11.5 Å². The fourth-order valence-corrected chi connectivity index (χ4v) is 2.84. The number of halogens is 1. The van der Waals surface area contributed by atoms with Crippen molar-refractivity contribution in [3.05, 3.63) is 54.1 Å². The molecule has 3 aromatic rings. The molecule has 1 heterocycles. The number of rotatable bonds is 10. The SMILES string of the molecule is CCOCCn1c(CNCC(N)=O)nc2ccc(Oc3ccc(F)cc3)cc21. The summed E-state index contributed by atoms with van der Waals surface area (Å²) in [5.74, 6) is 1.20. The van der Waals surface area contributed by atoms with Gasteiger partial charge in [-0.15, -0.1) is 0 Å². The number of aromatic nitrogens is 2. The lowest BCUT2D eigenvalue weighted by atomic mass is 10.3. The Bertz CT molecular complexity index is 941. The van der Waals surface area contributed by atoms with Gasteiger partial charge < -0.3 is 25.1 Å². The molecule has 0 atom stereocenters. The lowest BCUT2D eigenvalue weighted by Gasteiger charge is -2.11. The van der Waals surface area contributed by atoms with E-state index >= 15 is 0 Å². The van der Waals surface area contributed by atoms with Crippen LogP contribution in [0.25, 0.3) is 11.0 Å². The average Bonchev–Trinajstić information content (AvgIpc) is 3.01. The summed E-state index contributed by atoms with van der Waals surface area (Å²) in [7, 11) is 0. The number of hydrogen-bond acceptors (Lipinski definition) is 5. The first-order chi connectivity index (χ1) is 13.6. The number of primary amides is 1. The minimum Gasteiger partial charge on any atom is -0.457 e. The van der Waals surface area contributed by atoms with Gasteiger partial charge in [0.15, 0.2) is 0 Å². The molecule has 7 nitrogen and oxygen atoms in total. The molecular formula is C20H23FN4O3. The Hall–Kier alpha value is -2.97. The standard InChI is InChI=1S/C20H23FN4O3/c1-2-27-10-9-25-18-11-16(28-15-5-3-14(21)4-6-15)7-8-17(18)24-20(25)13-23-12-19(22)26/h3-8,11,23H,2,9-10,12-13H2,1H3,(H2,22,26). The van der Waals surface area contributed by atoms with Gasteiger partial charge in [-0.1, -0.05) is 0 Å². The third-order valence-corrected chi connectivity index (χ3v) is 4.09. The first-order valence-electron chi connectivity index (χ1n) is 9.06. The number of hydrogen-bond donors (Lipinski definition) is 2. The average molecular weight is 386 g/mol. The largest absolute Gasteiger partial charge is 0.457 e. The highest BCUT2D eigenvalue weighted by atomic mass is 19.1. The maximum atomic E-state index is 13.1. The van der Waals surface area contributed by atoms with Crippen LogP contribution in [-0.4, -0.2) is 35.2 Å². The maximum absolute atomic E-state index is 13.1. The maximum Gasteiger partial charge on any atom is 0.231 e. The van der Waals surface area contributed by atoms with Crippen molar-refractivity contribution in [2.24, 2.45) is 5.73 Å². The number of amides is 1. The third-order valence-electron chi connectivity index (χ3n) is 4.09. The summed E-state index contributed by atoms with van der Waals surface area (Å²) in [5, 5.41) is 2.99. The van der Waals surface area contributed by atoms with Gasteiger partial charge in [0.1, 0.15) is 23.1 Å². The zero-order valence-electron chi connectivity index (χ0n) is 15.7. The van der Waals surface area contributed by atoms with Crippen molar-refractivity contribution in [1.82, 2.24) is 14.9 Å². The van der Waals surface area contributed by atoms with Gasteiger partial charge in [-0.25, -0.2) is 9.37 Å².